The average molecular weight is 236 g/mol. The molecule has 0 bridgehead atoms. The molecule has 0 N–H and O–H groups in total. The van der Waals surface area contributed by atoms with Crippen molar-refractivity contribution in [1.29, 1.82) is 0 Å². The zero-order chi connectivity index (χ0) is 12.7. The number of hydrogen-bond donors (Lipinski definition) is 0. The van der Waals surface area contributed by atoms with Gasteiger partial charge in [0.1, 0.15) is 5.56 Å². The molecule has 0 amide bonds. The fraction of sp³-hybridized carbons (Fsp3) is 0.364. The van der Waals surface area contributed by atoms with Crippen molar-refractivity contribution in [2.45, 2.75) is 20.8 Å². The van der Waals surface area contributed by atoms with Crippen molar-refractivity contribution in [1.82, 2.24) is 9.03 Å². The first-order valence-corrected chi connectivity index (χ1v) is 5.23. The Morgan fingerprint density at radius 1 is 1.29 bits per heavy atom. The van der Waals surface area contributed by atoms with Crippen LogP contribution >= 0.6 is 0 Å². The molecule has 0 atom stereocenters. The summed E-state index contributed by atoms with van der Waals surface area (Å²) in [5, 5.41) is 0. The highest BCUT2D eigenvalue weighted by atomic mass is 16.5. The van der Waals surface area contributed by atoms with Gasteiger partial charge in [0.25, 0.3) is 11.1 Å². The van der Waals surface area contributed by atoms with E-state index in [1.54, 1.807) is 20.8 Å². The second-order valence-corrected chi connectivity index (χ2v) is 3.73. The Hall–Kier alpha value is -2.11. The van der Waals surface area contributed by atoms with Crippen LogP contribution in [0.1, 0.15) is 28.7 Å². The number of hydrogen-bond acceptors (Lipinski definition) is 4. The molecule has 0 radical (unpaired) electrons. The first-order chi connectivity index (χ1) is 7.99. The standard InChI is InChI=1S/C11H12N2O4/c1-4-17-11(16)9-7(3)13-8(14)5-6(2)12(13)10(9)15/h5H,4H2,1-3H3. The maximum absolute atomic E-state index is 12.0. The Morgan fingerprint density at radius 2 is 1.94 bits per heavy atom. The predicted molar refractivity (Wildman–Crippen MR) is 60.0 cm³/mol. The lowest BCUT2D eigenvalue weighted by molar-refractivity contribution is 0.0524. The van der Waals surface area contributed by atoms with Crippen LogP contribution in [0.25, 0.3) is 0 Å². The summed E-state index contributed by atoms with van der Waals surface area (Å²) in [6, 6.07) is 1.35. The van der Waals surface area contributed by atoms with Gasteiger partial charge in [0.15, 0.2) is 0 Å². The summed E-state index contributed by atoms with van der Waals surface area (Å²) in [5.41, 5.74) is -0.106. The lowest BCUT2D eigenvalue weighted by atomic mass is 10.2. The first-order valence-electron chi connectivity index (χ1n) is 5.23. The molecule has 0 aromatic carbocycles. The molecular weight excluding hydrogens is 224 g/mol. The molecule has 90 valence electrons. The molecule has 17 heavy (non-hydrogen) atoms. The molecule has 0 unspecified atom stereocenters. The highest BCUT2D eigenvalue weighted by Crippen LogP contribution is 2.05. The third-order valence-electron chi connectivity index (χ3n) is 2.64. The summed E-state index contributed by atoms with van der Waals surface area (Å²) in [7, 11) is 0. The molecule has 2 rings (SSSR count). The van der Waals surface area contributed by atoms with Gasteiger partial charge in [0, 0.05) is 11.8 Å². The lowest BCUT2D eigenvalue weighted by Crippen LogP contribution is -2.19. The van der Waals surface area contributed by atoms with E-state index in [-0.39, 0.29) is 17.7 Å². The van der Waals surface area contributed by atoms with Crippen LogP contribution in [0.4, 0.5) is 0 Å². The highest BCUT2D eigenvalue weighted by molar-refractivity contribution is 5.90. The van der Waals surface area contributed by atoms with Gasteiger partial charge in [-0.1, -0.05) is 0 Å². The van der Waals surface area contributed by atoms with Gasteiger partial charge in [0.2, 0.25) is 0 Å². The maximum atomic E-state index is 12.0. The van der Waals surface area contributed by atoms with Crippen LogP contribution in [0.2, 0.25) is 0 Å². The van der Waals surface area contributed by atoms with Crippen LogP contribution in [-0.2, 0) is 4.74 Å². The molecule has 0 saturated carbocycles. The molecule has 6 nitrogen and oxygen atoms in total. The van der Waals surface area contributed by atoms with Crippen molar-refractivity contribution in [3.8, 4) is 0 Å². The number of aryl methyl sites for hydroxylation is 2. The minimum atomic E-state index is -0.690. The number of aromatic nitrogens is 2. The number of rotatable bonds is 2. The Balaban J connectivity index is 2.84. The molecule has 6 heteroatoms. The van der Waals surface area contributed by atoms with Crippen molar-refractivity contribution >= 4 is 5.97 Å². The van der Waals surface area contributed by atoms with Crippen molar-refractivity contribution in [2.24, 2.45) is 0 Å². The fourth-order valence-corrected chi connectivity index (χ4v) is 1.93. The van der Waals surface area contributed by atoms with E-state index in [1.165, 1.54) is 15.1 Å². The molecule has 0 aliphatic heterocycles. The van der Waals surface area contributed by atoms with Crippen molar-refractivity contribution in [3.63, 3.8) is 0 Å². The van der Waals surface area contributed by atoms with E-state index in [0.717, 1.165) is 0 Å². The topological polar surface area (TPSA) is 69.3 Å². The summed E-state index contributed by atoms with van der Waals surface area (Å²) in [4.78, 5) is 35.2. The summed E-state index contributed by atoms with van der Waals surface area (Å²) >= 11 is 0. The van der Waals surface area contributed by atoms with Crippen molar-refractivity contribution in [2.75, 3.05) is 6.61 Å². The smallest absolute Gasteiger partial charge is 0.345 e. The van der Waals surface area contributed by atoms with Gasteiger partial charge in [0.05, 0.1) is 12.3 Å². The minimum Gasteiger partial charge on any atom is -0.462 e. The summed E-state index contributed by atoms with van der Waals surface area (Å²) in [5.74, 6) is -0.690. The van der Waals surface area contributed by atoms with E-state index < -0.39 is 11.5 Å². The second kappa shape index (κ2) is 3.73. The first kappa shape index (κ1) is 11.4. The van der Waals surface area contributed by atoms with E-state index in [1.807, 2.05) is 0 Å². The zero-order valence-corrected chi connectivity index (χ0v) is 9.81. The van der Waals surface area contributed by atoms with Crippen LogP contribution < -0.4 is 11.1 Å². The second-order valence-electron chi connectivity index (χ2n) is 3.73. The number of esters is 1. The third-order valence-corrected chi connectivity index (χ3v) is 2.64. The molecule has 0 aliphatic carbocycles. The van der Waals surface area contributed by atoms with E-state index in [4.69, 9.17) is 4.74 Å². The zero-order valence-electron chi connectivity index (χ0n) is 9.81. The SMILES string of the molecule is CCOC(=O)c1c(C)n2c(=O)cc(C)n2c1=O. The molecule has 2 heterocycles. The van der Waals surface area contributed by atoms with Crippen LogP contribution in [-0.4, -0.2) is 21.6 Å². The van der Waals surface area contributed by atoms with E-state index in [9.17, 15) is 14.4 Å². The Labute approximate surface area is 96.4 Å². The largest absolute Gasteiger partial charge is 0.462 e. The van der Waals surface area contributed by atoms with Gasteiger partial charge in [-0.2, -0.15) is 0 Å². The lowest BCUT2D eigenvalue weighted by Gasteiger charge is -1.97. The van der Waals surface area contributed by atoms with Crippen molar-refractivity contribution in [3.05, 3.63) is 43.7 Å². The van der Waals surface area contributed by atoms with Gasteiger partial charge in [-0.05, 0) is 20.8 Å². The molecule has 0 saturated heterocycles. The molecular formula is C11H12N2O4. The fourth-order valence-electron chi connectivity index (χ4n) is 1.93. The van der Waals surface area contributed by atoms with Gasteiger partial charge >= 0.3 is 5.97 Å². The van der Waals surface area contributed by atoms with Crippen LogP contribution in [0, 0.1) is 13.8 Å². The van der Waals surface area contributed by atoms with E-state index in [0.29, 0.717) is 11.4 Å². The normalized spacial score (nSPS) is 11.0. The van der Waals surface area contributed by atoms with Crippen LogP contribution in [0.15, 0.2) is 15.7 Å². The summed E-state index contributed by atoms with van der Waals surface area (Å²) in [6.07, 6.45) is 0. The van der Waals surface area contributed by atoms with Gasteiger partial charge in [-0.25, -0.2) is 13.8 Å². The molecule has 0 spiro atoms. The van der Waals surface area contributed by atoms with Gasteiger partial charge < -0.3 is 4.74 Å². The molecule has 0 aliphatic rings. The summed E-state index contributed by atoms with van der Waals surface area (Å²) in [6.45, 7) is 5.03. The van der Waals surface area contributed by atoms with Crippen LogP contribution in [0.5, 0.6) is 0 Å². The number of carbonyl (C=O) groups is 1. The maximum Gasteiger partial charge on any atom is 0.345 e. The number of fused-ring (bicyclic) bond motifs is 1. The van der Waals surface area contributed by atoms with Crippen LogP contribution in [0.3, 0.4) is 0 Å². The Kier molecular flexibility index (Phi) is 2.49. The predicted octanol–water partition coefficient (Wildman–Crippen LogP) is -0.00946. The molecule has 2 aromatic heterocycles. The van der Waals surface area contributed by atoms with Gasteiger partial charge in [-0.15, -0.1) is 0 Å². The summed E-state index contributed by atoms with van der Waals surface area (Å²) < 4.78 is 7.17. The Morgan fingerprint density at radius 3 is 2.47 bits per heavy atom. The van der Waals surface area contributed by atoms with E-state index in [2.05, 4.69) is 0 Å². The monoisotopic (exact) mass is 236 g/mol. The third kappa shape index (κ3) is 1.44. The number of nitrogens with zero attached hydrogens (tertiary/aromatic N) is 2. The number of ether oxygens (including phenoxy) is 1. The quantitative estimate of drug-likeness (QED) is 0.688. The van der Waals surface area contributed by atoms with Crippen molar-refractivity contribution < 1.29 is 9.53 Å². The average Bonchev–Trinajstić information content (AvgIpc) is 2.66. The van der Waals surface area contributed by atoms with E-state index >= 15 is 0 Å². The minimum absolute atomic E-state index is 0.0762. The molecule has 0 fully saturated rings. The highest BCUT2D eigenvalue weighted by Gasteiger charge is 2.23. The number of carbonyl (C=O) groups excluding carboxylic acids is 1. The Bertz CT molecular complexity index is 695. The molecule has 2 aromatic rings. The van der Waals surface area contributed by atoms with Gasteiger partial charge in [-0.3, -0.25) is 9.59 Å².